The lowest BCUT2D eigenvalue weighted by atomic mass is 9.91. The molecule has 2 rings (SSSR count). The molecule has 0 bridgehead atoms. The third kappa shape index (κ3) is 3.16. The van der Waals surface area contributed by atoms with E-state index in [2.05, 4.69) is 10.2 Å². The molecule has 0 aromatic carbocycles. The first-order valence-electron chi connectivity index (χ1n) is 6.37. The van der Waals surface area contributed by atoms with Gasteiger partial charge in [0.1, 0.15) is 0 Å². The number of hydrogen-bond acceptors (Lipinski definition) is 3. The predicted octanol–water partition coefficient (Wildman–Crippen LogP) is 1.24. The zero-order valence-electron chi connectivity index (χ0n) is 9.87. The van der Waals surface area contributed by atoms with Gasteiger partial charge >= 0.3 is 0 Å². The van der Waals surface area contributed by atoms with E-state index in [9.17, 15) is 0 Å². The van der Waals surface area contributed by atoms with Crippen LogP contribution < -0.4 is 5.32 Å². The van der Waals surface area contributed by atoms with Crippen LogP contribution in [0.4, 0.5) is 0 Å². The summed E-state index contributed by atoms with van der Waals surface area (Å²) >= 11 is 0. The molecule has 1 saturated heterocycles. The van der Waals surface area contributed by atoms with Crippen molar-refractivity contribution in [3.8, 4) is 0 Å². The van der Waals surface area contributed by atoms with Gasteiger partial charge in [0, 0.05) is 26.2 Å². The molecule has 3 nitrogen and oxygen atoms in total. The molecule has 2 unspecified atom stereocenters. The molecule has 2 fully saturated rings. The van der Waals surface area contributed by atoms with Crippen molar-refractivity contribution >= 4 is 0 Å². The fraction of sp³-hybridized carbons (Fsp3) is 1.00. The number of rotatable bonds is 2. The summed E-state index contributed by atoms with van der Waals surface area (Å²) in [4.78, 5) is 2.67. The molecule has 2 aliphatic rings. The quantitative estimate of drug-likeness (QED) is 0.745. The largest absolute Gasteiger partial charge is 0.381 e. The Morgan fingerprint density at radius 3 is 2.93 bits per heavy atom. The minimum atomic E-state index is 0.514. The molecule has 1 heterocycles. The molecule has 0 aromatic heterocycles. The van der Waals surface area contributed by atoms with Crippen molar-refractivity contribution in [1.29, 1.82) is 0 Å². The zero-order valence-corrected chi connectivity index (χ0v) is 9.87. The highest BCUT2D eigenvalue weighted by Gasteiger charge is 2.26. The van der Waals surface area contributed by atoms with Crippen molar-refractivity contribution in [3.63, 3.8) is 0 Å². The van der Waals surface area contributed by atoms with Crippen LogP contribution in [-0.4, -0.2) is 50.3 Å². The Kier molecular flexibility index (Phi) is 4.42. The Hall–Kier alpha value is -0.120. The summed E-state index contributed by atoms with van der Waals surface area (Å²) in [5.41, 5.74) is 0. The summed E-state index contributed by atoms with van der Waals surface area (Å²) < 4.78 is 5.50. The first-order valence-corrected chi connectivity index (χ1v) is 6.37. The van der Waals surface area contributed by atoms with Gasteiger partial charge in [-0.3, -0.25) is 4.90 Å². The van der Waals surface area contributed by atoms with Gasteiger partial charge in [0.15, 0.2) is 0 Å². The lowest BCUT2D eigenvalue weighted by Crippen LogP contribution is -2.42. The lowest BCUT2D eigenvalue weighted by molar-refractivity contribution is 0.0296. The van der Waals surface area contributed by atoms with Crippen molar-refractivity contribution < 1.29 is 4.74 Å². The van der Waals surface area contributed by atoms with Gasteiger partial charge < -0.3 is 10.1 Å². The SMILES string of the molecule is COC1CCCC(N2CCCNCC2)C1. The molecule has 3 heteroatoms. The molecule has 15 heavy (non-hydrogen) atoms. The van der Waals surface area contributed by atoms with Crippen molar-refractivity contribution in [2.75, 3.05) is 33.3 Å². The minimum absolute atomic E-state index is 0.514. The normalized spacial score (nSPS) is 35.0. The van der Waals surface area contributed by atoms with E-state index in [0.717, 1.165) is 12.6 Å². The summed E-state index contributed by atoms with van der Waals surface area (Å²) in [6.07, 6.45) is 7.04. The minimum Gasteiger partial charge on any atom is -0.381 e. The van der Waals surface area contributed by atoms with E-state index in [1.807, 2.05) is 7.11 Å². The van der Waals surface area contributed by atoms with Crippen LogP contribution in [-0.2, 0) is 4.74 Å². The van der Waals surface area contributed by atoms with Crippen molar-refractivity contribution in [1.82, 2.24) is 10.2 Å². The van der Waals surface area contributed by atoms with Crippen LogP contribution in [0, 0.1) is 0 Å². The molecule has 1 N–H and O–H groups in total. The number of methoxy groups -OCH3 is 1. The van der Waals surface area contributed by atoms with Crippen molar-refractivity contribution in [2.24, 2.45) is 0 Å². The van der Waals surface area contributed by atoms with Crippen LogP contribution in [0.15, 0.2) is 0 Å². The summed E-state index contributed by atoms with van der Waals surface area (Å²) in [6, 6.07) is 0.781. The van der Waals surface area contributed by atoms with E-state index < -0.39 is 0 Å². The first kappa shape index (κ1) is 11.4. The van der Waals surface area contributed by atoms with Crippen LogP contribution >= 0.6 is 0 Å². The highest BCUT2D eigenvalue weighted by Crippen LogP contribution is 2.25. The topological polar surface area (TPSA) is 24.5 Å². The highest BCUT2D eigenvalue weighted by molar-refractivity contribution is 4.82. The van der Waals surface area contributed by atoms with Crippen LogP contribution in [0.2, 0.25) is 0 Å². The number of hydrogen-bond donors (Lipinski definition) is 1. The second kappa shape index (κ2) is 5.83. The second-order valence-corrected chi connectivity index (χ2v) is 4.82. The summed E-state index contributed by atoms with van der Waals surface area (Å²) in [7, 11) is 1.86. The fourth-order valence-corrected chi connectivity index (χ4v) is 2.90. The maximum Gasteiger partial charge on any atom is 0.0586 e. The van der Waals surface area contributed by atoms with Crippen LogP contribution in [0.1, 0.15) is 32.1 Å². The molecule has 0 radical (unpaired) electrons. The Morgan fingerprint density at radius 1 is 1.13 bits per heavy atom. The molecular formula is C12H24N2O. The van der Waals surface area contributed by atoms with Gasteiger partial charge in [-0.25, -0.2) is 0 Å². The third-order valence-corrected chi connectivity index (χ3v) is 3.82. The summed E-state index contributed by atoms with van der Waals surface area (Å²) in [5, 5.41) is 3.47. The molecular weight excluding hydrogens is 188 g/mol. The summed E-state index contributed by atoms with van der Waals surface area (Å²) in [5.74, 6) is 0. The van der Waals surface area contributed by atoms with Crippen LogP contribution in [0.5, 0.6) is 0 Å². The smallest absolute Gasteiger partial charge is 0.0586 e. The average molecular weight is 212 g/mol. The van der Waals surface area contributed by atoms with Crippen LogP contribution in [0.3, 0.4) is 0 Å². The third-order valence-electron chi connectivity index (χ3n) is 3.82. The number of ether oxygens (including phenoxy) is 1. The molecule has 1 aliphatic carbocycles. The van der Waals surface area contributed by atoms with E-state index in [1.165, 1.54) is 51.7 Å². The van der Waals surface area contributed by atoms with Crippen molar-refractivity contribution in [2.45, 2.75) is 44.2 Å². The van der Waals surface area contributed by atoms with E-state index in [4.69, 9.17) is 4.74 Å². The van der Waals surface area contributed by atoms with E-state index in [-0.39, 0.29) is 0 Å². The number of nitrogens with zero attached hydrogens (tertiary/aromatic N) is 1. The Balaban J connectivity index is 1.84. The standard InChI is InChI=1S/C12H24N2O/c1-15-12-5-2-4-11(10-12)14-8-3-6-13-7-9-14/h11-13H,2-10H2,1H3. The van der Waals surface area contributed by atoms with E-state index in [0.29, 0.717) is 6.10 Å². The van der Waals surface area contributed by atoms with E-state index in [1.54, 1.807) is 0 Å². The van der Waals surface area contributed by atoms with Gasteiger partial charge in [-0.1, -0.05) is 0 Å². The van der Waals surface area contributed by atoms with Gasteiger partial charge in [0.2, 0.25) is 0 Å². The van der Waals surface area contributed by atoms with Gasteiger partial charge in [-0.05, 0) is 45.2 Å². The van der Waals surface area contributed by atoms with E-state index >= 15 is 0 Å². The average Bonchev–Trinajstić information content (AvgIpc) is 2.58. The van der Waals surface area contributed by atoms with Gasteiger partial charge in [-0.15, -0.1) is 0 Å². The molecule has 0 aromatic rings. The molecule has 1 aliphatic heterocycles. The Morgan fingerprint density at radius 2 is 2.07 bits per heavy atom. The highest BCUT2D eigenvalue weighted by atomic mass is 16.5. The lowest BCUT2D eigenvalue weighted by Gasteiger charge is -2.36. The second-order valence-electron chi connectivity index (χ2n) is 4.82. The predicted molar refractivity (Wildman–Crippen MR) is 62.1 cm³/mol. The van der Waals surface area contributed by atoms with Gasteiger partial charge in [-0.2, -0.15) is 0 Å². The maximum atomic E-state index is 5.50. The molecule has 0 amide bonds. The monoisotopic (exact) mass is 212 g/mol. The first-order chi connectivity index (χ1) is 7.40. The van der Waals surface area contributed by atoms with Crippen molar-refractivity contribution in [3.05, 3.63) is 0 Å². The molecule has 0 spiro atoms. The Bertz CT molecular complexity index is 178. The van der Waals surface area contributed by atoms with Gasteiger partial charge in [0.05, 0.1) is 6.10 Å². The molecule has 1 saturated carbocycles. The molecule has 88 valence electrons. The van der Waals surface area contributed by atoms with Gasteiger partial charge in [0.25, 0.3) is 0 Å². The van der Waals surface area contributed by atoms with Crippen LogP contribution in [0.25, 0.3) is 0 Å². The number of nitrogens with one attached hydrogen (secondary N) is 1. The maximum absolute atomic E-state index is 5.50. The molecule has 2 atom stereocenters. The fourth-order valence-electron chi connectivity index (χ4n) is 2.90. The Labute approximate surface area is 93.2 Å². The summed E-state index contributed by atoms with van der Waals surface area (Å²) in [6.45, 7) is 4.85. The zero-order chi connectivity index (χ0) is 10.5.